The summed E-state index contributed by atoms with van der Waals surface area (Å²) in [6, 6.07) is 3.46. The molecule has 94 valence electrons. The van der Waals surface area contributed by atoms with Crippen LogP contribution in [-0.2, 0) is 9.53 Å². The highest BCUT2D eigenvalue weighted by atomic mass is 35.5. The minimum atomic E-state index is -0.760. The Bertz CT molecular complexity index is 381. The standard InChI is InChI=1S/C12H17ClN2O2/c1-4-7-12(2,11(16)17-3)15-10-6-5-9(13)8-14-10/h5-6,8H,4,7H2,1-3H3,(H,14,15). The highest BCUT2D eigenvalue weighted by Gasteiger charge is 2.33. The third-order valence-corrected chi connectivity index (χ3v) is 2.74. The average molecular weight is 257 g/mol. The van der Waals surface area contributed by atoms with Crippen LogP contribution >= 0.6 is 11.6 Å². The van der Waals surface area contributed by atoms with Crippen molar-refractivity contribution in [2.45, 2.75) is 32.2 Å². The van der Waals surface area contributed by atoms with Crippen LogP contribution in [-0.4, -0.2) is 23.6 Å². The van der Waals surface area contributed by atoms with E-state index in [1.807, 2.05) is 6.92 Å². The van der Waals surface area contributed by atoms with E-state index < -0.39 is 5.54 Å². The van der Waals surface area contributed by atoms with E-state index in [0.717, 1.165) is 6.42 Å². The van der Waals surface area contributed by atoms with Gasteiger partial charge in [-0.05, 0) is 25.5 Å². The number of pyridine rings is 1. The molecule has 1 N–H and O–H groups in total. The van der Waals surface area contributed by atoms with Gasteiger partial charge in [-0.2, -0.15) is 0 Å². The molecule has 0 amide bonds. The summed E-state index contributed by atoms with van der Waals surface area (Å²) in [5.41, 5.74) is -0.760. The lowest BCUT2D eigenvalue weighted by molar-refractivity contribution is -0.145. The lowest BCUT2D eigenvalue weighted by atomic mass is 9.96. The Balaban J connectivity index is 2.86. The Morgan fingerprint density at radius 2 is 2.29 bits per heavy atom. The van der Waals surface area contributed by atoms with Crippen molar-refractivity contribution in [2.75, 3.05) is 12.4 Å². The Kier molecular flexibility index (Phi) is 4.75. The van der Waals surface area contributed by atoms with Gasteiger partial charge in [0, 0.05) is 6.20 Å². The maximum Gasteiger partial charge on any atom is 0.331 e. The lowest BCUT2D eigenvalue weighted by Gasteiger charge is -2.28. The number of nitrogens with zero attached hydrogens (tertiary/aromatic N) is 1. The van der Waals surface area contributed by atoms with Crippen LogP contribution in [0.25, 0.3) is 0 Å². The highest BCUT2D eigenvalue weighted by Crippen LogP contribution is 2.21. The van der Waals surface area contributed by atoms with Gasteiger partial charge in [0.2, 0.25) is 0 Å². The number of aromatic nitrogens is 1. The molecule has 1 rings (SSSR count). The molecule has 0 aliphatic rings. The number of methoxy groups -OCH3 is 1. The zero-order valence-corrected chi connectivity index (χ0v) is 11.0. The topological polar surface area (TPSA) is 51.2 Å². The van der Waals surface area contributed by atoms with Crippen molar-refractivity contribution in [3.8, 4) is 0 Å². The van der Waals surface area contributed by atoms with Crippen LogP contribution in [0.4, 0.5) is 5.82 Å². The summed E-state index contributed by atoms with van der Waals surface area (Å²) in [5, 5.41) is 3.65. The van der Waals surface area contributed by atoms with Crippen LogP contribution in [0.1, 0.15) is 26.7 Å². The molecule has 0 fully saturated rings. The number of esters is 1. The molecule has 0 aliphatic carbocycles. The van der Waals surface area contributed by atoms with Gasteiger partial charge in [0.25, 0.3) is 0 Å². The van der Waals surface area contributed by atoms with Crippen molar-refractivity contribution >= 4 is 23.4 Å². The van der Waals surface area contributed by atoms with Gasteiger partial charge in [0.1, 0.15) is 11.4 Å². The van der Waals surface area contributed by atoms with Crippen molar-refractivity contribution in [1.82, 2.24) is 4.98 Å². The van der Waals surface area contributed by atoms with Crippen LogP contribution < -0.4 is 5.32 Å². The van der Waals surface area contributed by atoms with Crippen LogP contribution in [0.2, 0.25) is 5.02 Å². The lowest BCUT2D eigenvalue weighted by Crippen LogP contribution is -2.44. The van der Waals surface area contributed by atoms with Gasteiger partial charge in [-0.25, -0.2) is 9.78 Å². The smallest absolute Gasteiger partial charge is 0.331 e. The van der Waals surface area contributed by atoms with Gasteiger partial charge in [0.15, 0.2) is 0 Å². The first-order valence-corrected chi connectivity index (χ1v) is 5.88. The number of rotatable bonds is 5. The third kappa shape index (κ3) is 3.60. The van der Waals surface area contributed by atoms with Gasteiger partial charge in [-0.15, -0.1) is 0 Å². The normalized spacial score (nSPS) is 13.9. The molecule has 0 radical (unpaired) electrons. The molecule has 0 saturated heterocycles. The van der Waals surface area contributed by atoms with E-state index in [0.29, 0.717) is 17.3 Å². The van der Waals surface area contributed by atoms with E-state index in [1.54, 1.807) is 19.1 Å². The molecule has 0 aliphatic heterocycles. The fourth-order valence-electron chi connectivity index (χ4n) is 1.67. The molecule has 17 heavy (non-hydrogen) atoms. The minimum Gasteiger partial charge on any atom is -0.467 e. The highest BCUT2D eigenvalue weighted by molar-refractivity contribution is 6.30. The second kappa shape index (κ2) is 5.87. The molecular formula is C12H17ClN2O2. The fraction of sp³-hybridized carbons (Fsp3) is 0.500. The molecule has 1 aromatic rings. The summed E-state index contributed by atoms with van der Waals surface area (Å²) in [5.74, 6) is 0.312. The number of halogens is 1. The molecule has 1 unspecified atom stereocenters. The molecule has 0 bridgehead atoms. The third-order valence-electron chi connectivity index (χ3n) is 2.52. The summed E-state index contributed by atoms with van der Waals surface area (Å²) in [6.45, 7) is 3.82. The van der Waals surface area contributed by atoms with E-state index in [-0.39, 0.29) is 5.97 Å². The average Bonchev–Trinajstić information content (AvgIpc) is 2.31. The van der Waals surface area contributed by atoms with E-state index in [4.69, 9.17) is 16.3 Å². The SMILES string of the molecule is CCCC(C)(Nc1ccc(Cl)cn1)C(=O)OC. The molecule has 0 saturated carbocycles. The van der Waals surface area contributed by atoms with Crippen molar-refractivity contribution < 1.29 is 9.53 Å². The number of carbonyl (C=O) groups excluding carboxylic acids is 1. The quantitative estimate of drug-likeness (QED) is 0.823. The maximum absolute atomic E-state index is 11.8. The zero-order valence-electron chi connectivity index (χ0n) is 10.3. The summed E-state index contributed by atoms with van der Waals surface area (Å²) >= 11 is 5.75. The second-order valence-corrected chi connectivity index (χ2v) is 4.50. The summed E-state index contributed by atoms with van der Waals surface area (Å²) in [4.78, 5) is 15.9. The molecule has 1 aromatic heterocycles. The van der Waals surface area contributed by atoms with Crippen LogP contribution in [0.5, 0.6) is 0 Å². The van der Waals surface area contributed by atoms with Crippen molar-refractivity contribution in [2.24, 2.45) is 0 Å². The van der Waals surface area contributed by atoms with Crippen LogP contribution in [0.3, 0.4) is 0 Å². The first-order valence-electron chi connectivity index (χ1n) is 5.50. The van der Waals surface area contributed by atoms with Gasteiger partial charge in [-0.3, -0.25) is 0 Å². The van der Waals surface area contributed by atoms with E-state index in [2.05, 4.69) is 10.3 Å². The molecule has 0 spiro atoms. The number of nitrogens with one attached hydrogen (secondary N) is 1. The van der Waals surface area contributed by atoms with Gasteiger partial charge in [0.05, 0.1) is 12.1 Å². The fourth-order valence-corrected chi connectivity index (χ4v) is 1.79. The van der Waals surface area contributed by atoms with Crippen LogP contribution in [0, 0.1) is 0 Å². The van der Waals surface area contributed by atoms with Crippen molar-refractivity contribution in [3.05, 3.63) is 23.4 Å². The van der Waals surface area contributed by atoms with Gasteiger partial charge < -0.3 is 10.1 Å². The largest absolute Gasteiger partial charge is 0.467 e. The predicted molar refractivity (Wildman–Crippen MR) is 68.2 cm³/mol. The maximum atomic E-state index is 11.8. The van der Waals surface area contributed by atoms with Crippen molar-refractivity contribution in [1.29, 1.82) is 0 Å². The van der Waals surface area contributed by atoms with E-state index in [9.17, 15) is 4.79 Å². The van der Waals surface area contributed by atoms with Gasteiger partial charge >= 0.3 is 5.97 Å². The number of hydrogen-bond acceptors (Lipinski definition) is 4. The predicted octanol–water partition coefficient (Wildman–Crippen LogP) is 2.88. The minimum absolute atomic E-state index is 0.295. The Morgan fingerprint density at radius 3 is 2.76 bits per heavy atom. The Labute approximate surface area is 106 Å². The van der Waals surface area contributed by atoms with Crippen molar-refractivity contribution in [3.63, 3.8) is 0 Å². The molecule has 1 atom stereocenters. The van der Waals surface area contributed by atoms with Gasteiger partial charge in [-0.1, -0.05) is 24.9 Å². The molecule has 1 heterocycles. The zero-order chi connectivity index (χ0) is 12.9. The second-order valence-electron chi connectivity index (χ2n) is 4.06. The van der Waals surface area contributed by atoms with Crippen LogP contribution in [0.15, 0.2) is 18.3 Å². The monoisotopic (exact) mass is 256 g/mol. The number of carbonyl (C=O) groups is 1. The number of ether oxygens (including phenoxy) is 1. The first kappa shape index (κ1) is 13.8. The van der Waals surface area contributed by atoms with E-state index >= 15 is 0 Å². The number of anilines is 1. The molecular weight excluding hydrogens is 240 g/mol. The Hall–Kier alpha value is -1.29. The molecule has 4 nitrogen and oxygen atoms in total. The van der Waals surface area contributed by atoms with E-state index in [1.165, 1.54) is 13.3 Å². The Morgan fingerprint density at radius 1 is 1.59 bits per heavy atom. The number of hydrogen-bond donors (Lipinski definition) is 1. The summed E-state index contributed by atoms with van der Waals surface area (Å²) in [6.07, 6.45) is 3.07. The first-order chi connectivity index (χ1) is 8.01. The molecule has 0 aromatic carbocycles. The summed E-state index contributed by atoms with van der Waals surface area (Å²) < 4.78 is 4.81. The molecule has 5 heteroatoms. The summed E-state index contributed by atoms with van der Waals surface area (Å²) in [7, 11) is 1.38.